The molecule has 1 heterocycles. The molecule has 4 heteroatoms. The van der Waals surface area contributed by atoms with Crippen molar-refractivity contribution in [2.45, 2.75) is 31.8 Å². The molecule has 0 spiro atoms. The van der Waals surface area contributed by atoms with E-state index in [1.54, 1.807) is 12.1 Å². The molecule has 0 radical (unpaired) electrons. The van der Waals surface area contributed by atoms with Crippen molar-refractivity contribution in [3.8, 4) is 11.8 Å². The third-order valence-electron chi connectivity index (χ3n) is 3.50. The molecule has 1 aliphatic rings. The van der Waals surface area contributed by atoms with E-state index in [1.807, 2.05) is 12.1 Å². The average Bonchev–Trinajstić information content (AvgIpc) is 2.54. The number of benzene rings is 1. The lowest BCUT2D eigenvalue weighted by Crippen LogP contribution is -2.29. The Balaban J connectivity index is 1.88. The first-order chi connectivity index (χ1) is 10.3. The maximum absolute atomic E-state index is 12.2. The summed E-state index contributed by atoms with van der Waals surface area (Å²) in [6.45, 7) is 1.22. The summed E-state index contributed by atoms with van der Waals surface area (Å²) in [6, 6.07) is 7.16. The van der Waals surface area contributed by atoms with Crippen LogP contribution in [-0.2, 0) is 4.74 Å². The van der Waals surface area contributed by atoms with E-state index in [0.717, 1.165) is 25.9 Å². The van der Waals surface area contributed by atoms with E-state index in [-0.39, 0.29) is 18.6 Å². The molecule has 1 amide bonds. The molecule has 1 aromatic rings. The number of amides is 1. The molecule has 21 heavy (non-hydrogen) atoms. The SMILES string of the molecule is O=C(NCCC1CCCCO1)c1ccccc1C#CCO. The van der Waals surface area contributed by atoms with E-state index < -0.39 is 0 Å². The molecule has 2 N–H and O–H groups in total. The van der Waals surface area contributed by atoms with Gasteiger partial charge in [0.05, 0.1) is 11.7 Å². The Morgan fingerprint density at radius 3 is 3.00 bits per heavy atom. The van der Waals surface area contributed by atoms with Crippen molar-refractivity contribution in [3.63, 3.8) is 0 Å². The van der Waals surface area contributed by atoms with Gasteiger partial charge in [-0.05, 0) is 37.8 Å². The summed E-state index contributed by atoms with van der Waals surface area (Å²) >= 11 is 0. The molecular formula is C17H21NO3. The molecule has 1 fully saturated rings. The number of ether oxygens (including phenoxy) is 1. The van der Waals surface area contributed by atoms with Crippen molar-refractivity contribution < 1.29 is 14.6 Å². The second-order valence-electron chi connectivity index (χ2n) is 5.04. The maximum Gasteiger partial charge on any atom is 0.252 e. The molecule has 1 aliphatic heterocycles. The smallest absolute Gasteiger partial charge is 0.252 e. The predicted octanol–water partition coefficient (Wildman–Crippen LogP) is 1.72. The van der Waals surface area contributed by atoms with Crippen LogP contribution in [0.15, 0.2) is 24.3 Å². The molecule has 0 aromatic heterocycles. The van der Waals surface area contributed by atoms with Crippen LogP contribution in [-0.4, -0.2) is 36.9 Å². The molecule has 0 bridgehead atoms. The van der Waals surface area contributed by atoms with Gasteiger partial charge in [0.15, 0.2) is 0 Å². The fraction of sp³-hybridized carbons (Fsp3) is 0.471. The molecule has 1 unspecified atom stereocenters. The van der Waals surface area contributed by atoms with Gasteiger partial charge >= 0.3 is 0 Å². The van der Waals surface area contributed by atoms with Crippen LogP contribution in [0, 0.1) is 11.8 Å². The molecular weight excluding hydrogens is 266 g/mol. The first-order valence-corrected chi connectivity index (χ1v) is 7.40. The largest absolute Gasteiger partial charge is 0.384 e. The molecule has 1 saturated heterocycles. The van der Waals surface area contributed by atoms with Crippen molar-refractivity contribution in [2.75, 3.05) is 19.8 Å². The zero-order valence-electron chi connectivity index (χ0n) is 12.1. The minimum absolute atomic E-state index is 0.131. The molecule has 1 atom stereocenters. The van der Waals surface area contributed by atoms with E-state index in [1.165, 1.54) is 6.42 Å². The van der Waals surface area contributed by atoms with Crippen LogP contribution >= 0.6 is 0 Å². The van der Waals surface area contributed by atoms with E-state index in [2.05, 4.69) is 17.2 Å². The van der Waals surface area contributed by atoms with Crippen LogP contribution in [0.3, 0.4) is 0 Å². The van der Waals surface area contributed by atoms with Crippen molar-refractivity contribution in [3.05, 3.63) is 35.4 Å². The van der Waals surface area contributed by atoms with Gasteiger partial charge in [-0.15, -0.1) is 0 Å². The number of hydrogen-bond acceptors (Lipinski definition) is 3. The van der Waals surface area contributed by atoms with Crippen LogP contribution in [0.25, 0.3) is 0 Å². The standard InChI is InChI=1S/C17H21NO3/c19-12-5-7-14-6-1-2-9-16(14)17(20)18-11-10-15-8-3-4-13-21-15/h1-2,6,9,15,19H,3-4,8,10-13H2,(H,18,20). The van der Waals surface area contributed by atoms with Crippen LogP contribution in [0.2, 0.25) is 0 Å². The molecule has 0 aliphatic carbocycles. The Kier molecular flexibility index (Phi) is 6.26. The van der Waals surface area contributed by atoms with Gasteiger partial charge in [0.25, 0.3) is 5.91 Å². The van der Waals surface area contributed by atoms with Gasteiger partial charge in [-0.1, -0.05) is 24.0 Å². The van der Waals surface area contributed by atoms with Gasteiger partial charge in [-0.25, -0.2) is 0 Å². The van der Waals surface area contributed by atoms with Crippen molar-refractivity contribution >= 4 is 5.91 Å². The fourth-order valence-corrected chi connectivity index (χ4v) is 2.40. The molecule has 4 nitrogen and oxygen atoms in total. The van der Waals surface area contributed by atoms with Gasteiger partial charge in [-0.2, -0.15) is 0 Å². The lowest BCUT2D eigenvalue weighted by Gasteiger charge is -2.22. The fourth-order valence-electron chi connectivity index (χ4n) is 2.40. The normalized spacial score (nSPS) is 17.7. The zero-order chi connectivity index (χ0) is 14.9. The zero-order valence-corrected chi connectivity index (χ0v) is 12.1. The summed E-state index contributed by atoms with van der Waals surface area (Å²) in [5, 5.41) is 11.7. The summed E-state index contributed by atoms with van der Waals surface area (Å²) in [5.41, 5.74) is 1.18. The summed E-state index contributed by atoms with van der Waals surface area (Å²) in [4.78, 5) is 12.2. The van der Waals surface area contributed by atoms with Crippen molar-refractivity contribution in [1.29, 1.82) is 0 Å². The van der Waals surface area contributed by atoms with Crippen LogP contribution in [0.4, 0.5) is 0 Å². The number of nitrogens with one attached hydrogen (secondary N) is 1. The molecule has 1 aromatic carbocycles. The average molecular weight is 287 g/mol. The highest BCUT2D eigenvalue weighted by atomic mass is 16.5. The number of rotatable bonds is 4. The first-order valence-electron chi connectivity index (χ1n) is 7.40. The Morgan fingerprint density at radius 2 is 2.24 bits per heavy atom. The van der Waals surface area contributed by atoms with Gasteiger partial charge in [0.2, 0.25) is 0 Å². The van der Waals surface area contributed by atoms with Gasteiger partial charge in [0.1, 0.15) is 6.61 Å². The lowest BCUT2D eigenvalue weighted by atomic mass is 10.1. The quantitative estimate of drug-likeness (QED) is 0.829. The van der Waals surface area contributed by atoms with Gasteiger partial charge in [0, 0.05) is 18.7 Å². The van der Waals surface area contributed by atoms with Crippen LogP contribution in [0.5, 0.6) is 0 Å². The maximum atomic E-state index is 12.2. The number of aliphatic hydroxyl groups is 1. The topological polar surface area (TPSA) is 58.6 Å². The summed E-state index contributed by atoms with van der Waals surface area (Å²) < 4.78 is 5.64. The third kappa shape index (κ3) is 4.89. The first kappa shape index (κ1) is 15.6. The van der Waals surface area contributed by atoms with Crippen molar-refractivity contribution in [2.24, 2.45) is 0 Å². The Hall–Kier alpha value is -1.83. The molecule has 2 rings (SSSR count). The minimum atomic E-state index is -0.213. The summed E-state index contributed by atoms with van der Waals surface area (Å²) in [6.07, 6.45) is 4.53. The Bertz CT molecular complexity index is 524. The lowest BCUT2D eigenvalue weighted by molar-refractivity contribution is 0.0117. The van der Waals surface area contributed by atoms with Crippen LogP contribution in [0.1, 0.15) is 41.6 Å². The minimum Gasteiger partial charge on any atom is -0.384 e. The van der Waals surface area contributed by atoms with E-state index in [0.29, 0.717) is 17.7 Å². The van der Waals surface area contributed by atoms with Crippen LogP contribution < -0.4 is 5.32 Å². The summed E-state index contributed by atoms with van der Waals surface area (Å²) in [5.74, 6) is 5.24. The van der Waals surface area contributed by atoms with E-state index in [4.69, 9.17) is 9.84 Å². The second-order valence-corrected chi connectivity index (χ2v) is 5.04. The van der Waals surface area contributed by atoms with Gasteiger partial charge in [-0.3, -0.25) is 4.79 Å². The van der Waals surface area contributed by atoms with Gasteiger partial charge < -0.3 is 15.2 Å². The third-order valence-corrected chi connectivity index (χ3v) is 3.50. The molecule has 112 valence electrons. The molecule has 0 saturated carbocycles. The number of carbonyl (C=O) groups is 1. The van der Waals surface area contributed by atoms with E-state index >= 15 is 0 Å². The number of aliphatic hydroxyl groups excluding tert-OH is 1. The van der Waals surface area contributed by atoms with Crippen molar-refractivity contribution in [1.82, 2.24) is 5.32 Å². The van der Waals surface area contributed by atoms with E-state index in [9.17, 15) is 4.79 Å². The number of hydrogen-bond donors (Lipinski definition) is 2. The Labute approximate surface area is 125 Å². The monoisotopic (exact) mass is 287 g/mol. The highest BCUT2D eigenvalue weighted by Gasteiger charge is 2.14. The Morgan fingerprint density at radius 1 is 1.38 bits per heavy atom. The highest BCUT2D eigenvalue weighted by Crippen LogP contribution is 2.15. The second kappa shape index (κ2) is 8.46. The highest BCUT2D eigenvalue weighted by molar-refractivity contribution is 5.96. The predicted molar refractivity (Wildman–Crippen MR) is 80.9 cm³/mol. The summed E-state index contributed by atoms with van der Waals surface area (Å²) in [7, 11) is 0. The number of carbonyl (C=O) groups excluding carboxylic acids is 1.